The first-order valence-corrected chi connectivity index (χ1v) is 16.9. The minimum atomic E-state index is 0.545. The number of fused-ring (bicyclic) bond motifs is 10. The van der Waals surface area contributed by atoms with Gasteiger partial charge in [0.15, 0.2) is 17.5 Å². The zero-order valence-electron chi connectivity index (χ0n) is 27.1. The van der Waals surface area contributed by atoms with Crippen LogP contribution in [0.15, 0.2) is 167 Å². The number of rotatable bonds is 4. The van der Waals surface area contributed by atoms with E-state index in [0.717, 1.165) is 88.1 Å². The van der Waals surface area contributed by atoms with E-state index < -0.39 is 0 Å². The molecule has 0 atom stereocenters. The van der Waals surface area contributed by atoms with Gasteiger partial charge in [-0.05, 0) is 60.7 Å². The first kappa shape index (κ1) is 27.9. The molecule has 238 valence electrons. The second-order valence-electron chi connectivity index (χ2n) is 12.8. The van der Waals surface area contributed by atoms with Crippen LogP contribution < -0.4 is 0 Å². The first-order valence-electron chi connectivity index (χ1n) is 16.9. The van der Waals surface area contributed by atoms with Crippen LogP contribution in [0, 0.1) is 0 Å². The lowest BCUT2D eigenvalue weighted by atomic mass is 10.1. The summed E-state index contributed by atoms with van der Waals surface area (Å²) in [4.78, 5) is 15.2. The Labute approximate surface area is 290 Å². The fraction of sp³-hybridized carbons (Fsp3) is 0. The quantitative estimate of drug-likeness (QED) is 0.189. The molecule has 0 aliphatic rings. The zero-order chi connectivity index (χ0) is 33.5. The zero-order valence-corrected chi connectivity index (χ0v) is 27.1. The van der Waals surface area contributed by atoms with Crippen LogP contribution in [0.1, 0.15) is 0 Å². The first-order chi connectivity index (χ1) is 25.3. The number of hydrogen-bond acceptors (Lipinski definition) is 5. The molecule has 0 amide bonds. The van der Waals surface area contributed by atoms with E-state index in [1.807, 2.05) is 72.8 Å². The maximum Gasteiger partial charge on any atom is 0.167 e. The summed E-state index contributed by atoms with van der Waals surface area (Å²) in [7, 11) is 0. The highest BCUT2D eigenvalue weighted by Crippen LogP contribution is 2.43. The molecule has 0 fully saturated rings. The third kappa shape index (κ3) is 4.20. The molecule has 4 heterocycles. The summed E-state index contributed by atoms with van der Waals surface area (Å²) in [6.07, 6.45) is 0. The van der Waals surface area contributed by atoms with E-state index in [-0.39, 0.29) is 0 Å². The predicted molar refractivity (Wildman–Crippen MR) is 205 cm³/mol. The summed E-state index contributed by atoms with van der Waals surface area (Å²) in [6, 6.07) is 53.8. The molecule has 0 saturated heterocycles. The number of hydrogen-bond donors (Lipinski definition) is 0. The fourth-order valence-electron chi connectivity index (χ4n) is 7.55. The van der Waals surface area contributed by atoms with Crippen LogP contribution in [0.25, 0.3) is 106 Å². The van der Waals surface area contributed by atoms with Gasteiger partial charge in [-0.2, -0.15) is 0 Å². The number of benzene rings is 7. The standard InChI is InChI=1S/C45H26N4O2/c1-3-12-27(13-4-1)43-46-44(28-22-25-39-35(26-28)30-16-8-10-21-38(30)50-39)48-45(47-43)34-19-11-18-31-32-23-24-37-40(42(32)51-41(31)34)33-17-7-9-20-36(33)49(37)29-14-5-2-6-15-29/h1-26H. The van der Waals surface area contributed by atoms with Crippen LogP contribution in [0.3, 0.4) is 0 Å². The Balaban J connectivity index is 1.17. The number of aromatic nitrogens is 4. The van der Waals surface area contributed by atoms with Gasteiger partial charge >= 0.3 is 0 Å². The van der Waals surface area contributed by atoms with E-state index in [1.54, 1.807) is 0 Å². The maximum absolute atomic E-state index is 6.97. The van der Waals surface area contributed by atoms with Crippen molar-refractivity contribution in [2.24, 2.45) is 0 Å². The molecule has 0 aliphatic heterocycles. The van der Waals surface area contributed by atoms with Crippen molar-refractivity contribution >= 4 is 65.7 Å². The minimum Gasteiger partial charge on any atom is -0.456 e. The number of para-hydroxylation sites is 4. The lowest BCUT2D eigenvalue weighted by Crippen LogP contribution is -2.00. The molecule has 0 N–H and O–H groups in total. The highest BCUT2D eigenvalue weighted by atomic mass is 16.3. The van der Waals surface area contributed by atoms with Crippen LogP contribution in [-0.4, -0.2) is 19.5 Å². The molecule has 7 aromatic carbocycles. The van der Waals surface area contributed by atoms with Crippen molar-refractivity contribution in [3.63, 3.8) is 0 Å². The summed E-state index contributed by atoms with van der Waals surface area (Å²) >= 11 is 0. The van der Waals surface area contributed by atoms with E-state index in [1.165, 1.54) is 0 Å². The average molecular weight is 655 g/mol. The number of nitrogens with zero attached hydrogens (tertiary/aromatic N) is 4. The Morgan fingerprint density at radius 2 is 1.06 bits per heavy atom. The van der Waals surface area contributed by atoms with Gasteiger partial charge in [0.1, 0.15) is 22.3 Å². The summed E-state index contributed by atoms with van der Waals surface area (Å²) in [5, 5.41) is 6.35. The van der Waals surface area contributed by atoms with Gasteiger partial charge in [0.05, 0.1) is 22.0 Å². The van der Waals surface area contributed by atoms with E-state index >= 15 is 0 Å². The molecule has 6 heteroatoms. The molecule has 11 rings (SSSR count). The Bertz CT molecular complexity index is 3140. The van der Waals surface area contributed by atoms with Crippen molar-refractivity contribution in [1.82, 2.24) is 19.5 Å². The smallest absolute Gasteiger partial charge is 0.167 e. The molecule has 11 aromatic rings. The van der Waals surface area contributed by atoms with Crippen molar-refractivity contribution in [2.75, 3.05) is 0 Å². The average Bonchev–Trinajstić information content (AvgIpc) is 3.87. The van der Waals surface area contributed by atoms with Crippen molar-refractivity contribution in [1.29, 1.82) is 0 Å². The Kier molecular flexibility index (Phi) is 5.86. The Hall–Kier alpha value is -7.05. The Morgan fingerprint density at radius 3 is 1.92 bits per heavy atom. The highest BCUT2D eigenvalue weighted by Gasteiger charge is 2.22. The summed E-state index contributed by atoms with van der Waals surface area (Å²) in [6.45, 7) is 0. The molecule has 6 nitrogen and oxygen atoms in total. The monoisotopic (exact) mass is 654 g/mol. The van der Waals surface area contributed by atoms with Gasteiger partial charge < -0.3 is 13.4 Å². The highest BCUT2D eigenvalue weighted by molar-refractivity contribution is 6.24. The third-order valence-corrected chi connectivity index (χ3v) is 9.86. The van der Waals surface area contributed by atoms with E-state index in [9.17, 15) is 0 Å². The summed E-state index contributed by atoms with van der Waals surface area (Å²) in [5.41, 5.74) is 9.17. The van der Waals surface area contributed by atoms with Gasteiger partial charge in [-0.25, -0.2) is 15.0 Å². The number of furan rings is 2. The Morgan fingerprint density at radius 1 is 0.392 bits per heavy atom. The second-order valence-corrected chi connectivity index (χ2v) is 12.8. The molecule has 0 spiro atoms. The van der Waals surface area contributed by atoms with Crippen LogP contribution in [-0.2, 0) is 0 Å². The molecule has 0 unspecified atom stereocenters. The summed E-state index contributed by atoms with van der Waals surface area (Å²) in [5.74, 6) is 1.71. The van der Waals surface area contributed by atoms with E-state index in [2.05, 4.69) is 89.5 Å². The molecular weight excluding hydrogens is 629 g/mol. The van der Waals surface area contributed by atoms with Gasteiger partial charge in [0.2, 0.25) is 0 Å². The van der Waals surface area contributed by atoms with Crippen molar-refractivity contribution in [3.8, 4) is 39.9 Å². The molecule has 0 saturated carbocycles. The second kappa shape index (κ2) is 10.7. The lowest BCUT2D eigenvalue weighted by Gasteiger charge is -2.09. The molecular formula is C45H26N4O2. The molecule has 0 bridgehead atoms. The van der Waals surface area contributed by atoms with E-state index in [4.69, 9.17) is 23.8 Å². The van der Waals surface area contributed by atoms with Gasteiger partial charge in [-0.1, -0.05) is 97.1 Å². The van der Waals surface area contributed by atoms with Gasteiger partial charge in [-0.15, -0.1) is 0 Å². The van der Waals surface area contributed by atoms with Crippen molar-refractivity contribution in [2.45, 2.75) is 0 Å². The van der Waals surface area contributed by atoms with Crippen LogP contribution >= 0.6 is 0 Å². The predicted octanol–water partition coefficient (Wildman–Crippen LogP) is 11.8. The largest absolute Gasteiger partial charge is 0.456 e. The van der Waals surface area contributed by atoms with Crippen LogP contribution in [0.5, 0.6) is 0 Å². The van der Waals surface area contributed by atoms with Crippen molar-refractivity contribution < 1.29 is 8.83 Å². The van der Waals surface area contributed by atoms with E-state index in [0.29, 0.717) is 17.5 Å². The summed E-state index contributed by atoms with van der Waals surface area (Å²) < 4.78 is 15.4. The third-order valence-electron chi connectivity index (χ3n) is 9.86. The topological polar surface area (TPSA) is 69.9 Å². The molecule has 0 aliphatic carbocycles. The maximum atomic E-state index is 6.97. The fourth-order valence-corrected chi connectivity index (χ4v) is 7.55. The molecule has 51 heavy (non-hydrogen) atoms. The lowest BCUT2D eigenvalue weighted by molar-refractivity contribution is 0.669. The molecule has 0 radical (unpaired) electrons. The normalized spacial score (nSPS) is 11.9. The van der Waals surface area contributed by atoms with Crippen molar-refractivity contribution in [3.05, 3.63) is 158 Å². The van der Waals surface area contributed by atoms with Crippen LogP contribution in [0.2, 0.25) is 0 Å². The van der Waals surface area contributed by atoms with Gasteiger partial charge in [-0.3, -0.25) is 0 Å². The van der Waals surface area contributed by atoms with Crippen LogP contribution in [0.4, 0.5) is 0 Å². The van der Waals surface area contributed by atoms with Gasteiger partial charge in [0.25, 0.3) is 0 Å². The SMILES string of the molecule is c1ccc(-c2nc(-c3ccc4oc5ccccc5c4c3)nc(-c3cccc4c3oc3c4ccc4c3c3ccccc3n4-c3ccccc3)n2)cc1. The van der Waals surface area contributed by atoms with Gasteiger partial charge in [0, 0.05) is 43.7 Å². The minimum absolute atomic E-state index is 0.545. The molecule has 4 aromatic heterocycles.